The third kappa shape index (κ3) is 3.26. The van der Waals surface area contributed by atoms with E-state index in [0.29, 0.717) is 4.90 Å². The van der Waals surface area contributed by atoms with Gasteiger partial charge in [-0.15, -0.1) is 0 Å². The summed E-state index contributed by atoms with van der Waals surface area (Å²) in [5, 5.41) is 4.66. The Morgan fingerprint density at radius 2 is 1.54 bits per heavy atom. The number of nitrogens with zero attached hydrogens (tertiary/aromatic N) is 2. The maximum atomic E-state index is 11.6. The summed E-state index contributed by atoms with van der Waals surface area (Å²) in [6.45, 7) is 4.88. The number of sulfone groups is 1. The number of aromatic nitrogens is 2. The maximum absolute atomic E-state index is 11.6. The Kier molecular flexibility index (Phi) is 4.28. The average Bonchev–Trinajstić information content (AvgIpc) is 2.99. The van der Waals surface area contributed by atoms with Crippen LogP contribution in [0.15, 0.2) is 59.6 Å². The van der Waals surface area contributed by atoms with Crippen molar-refractivity contribution in [2.45, 2.75) is 25.3 Å². The van der Waals surface area contributed by atoms with Gasteiger partial charge in [-0.05, 0) is 31.5 Å². The lowest BCUT2D eigenvalue weighted by molar-refractivity contribution is 0.602. The first-order chi connectivity index (χ1) is 11.4. The Hall–Kier alpha value is -2.40. The number of hydrogen-bond donors (Lipinski definition) is 0. The van der Waals surface area contributed by atoms with E-state index in [4.69, 9.17) is 0 Å². The van der Waals surface area contributed by atoms with E-state index in [-0.39, 0.29) is 0 Å². The molecule has 0 spiro atoms. The van der Waals surface area contributed by atoms with Crippen LogP contribution in [0.4, 0.5) is 0 Å². The minimum absolute atomic E-state index is 0.318. The highest BCUT2D eigenvalue weighted by Gasteiger charge is 2.14. The van der Waals surface area contributed by atoms with E-state index < -0.39 is 9.84 Å². The van der Waals surface area contributed by atoms with E-state index >= 15 is 0 Å². The molecule has 0 N–H and O–H groups in total. The van der Waals surface area contributed by atoms with Crippen molar-refractivity contribution in [2.24, 2.45) is 0 Å². The average molecular weight is 340 g/mol. The zero-order valence-corrected chi connectivity index (χ0v) is 14.8. The third-order valence-electron chi connectivity index (χ3n) is 4.00. The van der Waals surface area contributed by atoms with Gasteiger partial charge in [-0.1, -0.05) is 42.0 Å². The molecule has 4 nitrogen and oxygen atoms in total. The van der Waals surface area contributed by atoms with E-state index in [1.807, 2.05) is 29.9 Å². The third-order valence-corrected chi connectivity index (χ3v) is 5.13. The molecule has 0 amide bonds. The fraction of sp³-hybridized carbons (Fsp3) is 0.211. The standard InChI is InChI=1S/C19H20N2O2S/c1-4-21-13-18(15-7-5-14(2)6-8-15)19(20-21)16-9-11-17(12-10-16)24(3,22)23/h5-13H,4H2,1-3H3. The van der Waals surface area contributed by atoms with E-state index in [1.165, 1.54) is 11.8 Å². The summed E-state index contributed by atoms with van der Waals surface area (Å²) in [6, 6.07) is 15.2. The van der Waals surface area contributed by atoms with Crippen molar-refractivity contribution in [3.05, 3.63) is 60.3 Å². The molecule has 5 heteroatoms. The van der Waals surface area contributed by atoms with Crippen molar-refractivity contribution >= 4 is 9.84 Å². The summed E-state index contributed by atoms with van der Waals surface area (Å²) in [5.41, 5.74) is 5.12. The van der Waals surface area contributed by atoms with E-state index in [1.54, 1.807) is 12.1 Å². The van der Waals surface area contributed by atoms with Gasteiger partial charge in [-0.3, -0.25) is 4.68 Å². The van der Waals surface area contributed by atoms with E-state index in [0.717, 1.165) is 28.9 Å². The van der Waals surface area contributed by atoms with Gasteiger partial charge in [0, 0.05) is 30.1 Å². The molecule has 3 aromatic rings. The van der Waals surface area contributed by atoms with Crippen LogP contribution in [-0.2, 0) is 16.4 Å². The molecule has 1 heterocycles. The number of rotatable bonds is 4. The minimum atomic E-state index is -3.19. The fourth-order valence-electron chi connectivity index (χ4n) is 2.60. The number of hydrogen-bond acceptors (Lipinski definition) is 3. The molecular weight excluding hydrogens is 320 g/mol. The molecule has 0 saturated carbocycles. The zero-order valence-electron chi connectivity index (χ0n) is 14.0. The molecule has 24 heavy (non-hydrogen) atoms. The normalized spacial score (nSPS) is 11.6. The summed E-state index contributed by atoms with van der Waals surface area (Å²) in [5.74, 6) is 0. The van der Waals surface area contributed by atoms with Crippen LogP contribution in [0, 0.1) is 6.92 Å². The van der Waals surface area contributed by atoms with Crippen LogP contribution < -0.4 is 0 Å². The van der Waals surface area contributed by atoms with Crippen molar-refractivity contribution < 1.29 is 8.42 Å². The van der Waals surface area contributed by atoms with Gasteiger partial charge < -0.3 is 0 Å². The van der Waals surface area contributed by atoms with E-state index in [2.05, 4.69) is 36.3 Å². The molecule has 3 rings (SSSR count). The van der Waals surface area contributed by atoms with Gasteiger partial charge in [0.05, 0.1) is 4.90 Å². The molecule has 2 aromatic carbocycles. The number of aryl methyl sites for hydroxylation is 2. The van der Waals surface area contributed by atoms with Crippen molar-refractivity contribution in [1.29, 1.82) is 0 Å². The Morgan fingerprint density at radius 3 is 2.08 bits per heavy atom. The molecule has 0 bridgehead atoms. The molecule has 1 aromatic heterocycles. The maximum Gasteiger partial charge on any atom is 0.175 e. The van der Waals surface area contributed by atoms with Crippen molar-refractivity contribution in [3.63, 3.8) is 0 Å². The van der Waals surface area contributed by atoms with Crippen molar-refractivity contribution in [1.82, 2.24) is 9.78 Å². The summed E-state index contributed by atoms with van der Waals surface area (Å²) < 4.78 is 25.2. The predicted octanol–water partition coefficient (Wildman–Crippen LogP) is 3.95. The minimum Gasteiger partial charge on any atom is -0.272 e. The molecule has 0 fully saturated rings. The highest BCUT2D eigenvalue weighted by molar-refractivity contribution is 7.90. The molecular formula is C19H20N2O2S. The molecule has 0 unspecified atom stereocenters. The second kappa shape index (κ2) is 6.24. The lowest BCUT2D eigenvalue weighted by Gasteiger charge is -2.05. The molecule has 0 aliphatic rings. The zero-order chi connectivity index (χ0) is 17.3. The summed E-state index contributed by atoms with van der Waals surface area (Å²) in [6.07, 6.45) is 3.25. The first kappa shape index (κ1) is 16.5. The van der Waals surface area contributed by atoms with Crippen LogP contribution in [-0.4, -0.2) is 24.5 Å². The summed E-state index contributed by atoms with van der Waals surface area (Å²) in [4.78, 5) is 0.318. The second-order valence-electron chi connectivity index (χ2n) is 5.91. The van der Waals surface area contributed by atoms with E-state index in [9.17, 15) is 8.42 Å². The number of benzene rings is 2. The van der Waals surface area contributed by atoms with Crippen LogP contribution in [0.5, 0.6) is 0 Å². The molecule has 0 radical (unpaired) electrons. The van der Waals surface area contributed by atoms with Gasteiger partial charge in [0.1, 0.15) is 5.69 Å². The Morgan fingerprint density at radius 1 is 0.958 bits per heavy atom. The highest BCUT2D eigenvalue weighted by atomic mass is 32.2. The lowest BCUT2D eigenvalue weighted by atomic mass is 10.0. The van der Waals surface area contributed by atoms with Crippen LogP contribution in [0.1, 0.15) is 12.5 Å². The first-order valence-electron chi connectivity index (χ1n) is 7.83. The van der Waals surface area contributed by atoms with Gasteiger partial charge in [-0.25, -0.2) is 8.42 Å². The van der Waals surface area contributed by atoms with Crippen LogP contribution in [0.2, 0.25) is 0 Å². The van der Waals surface area contributed by atoms with Crippen molar-refractivity contribution in [2.75, 3.05) is 6.26 Å². The quantitative estimate of drug-likeness (QED) is 0.722. The van der Waals surface area contributed by atoms with Gasteiger partial charge >= 0.3 is 0 Å². The van der Waals surface area contributed by atoms with Crippen LogP contribution >= 0.6 is 0 Å². The van der Waals surface area contributed by atoms with Gasteiger partial charge in [0.2, 0.25) is 0 Å². The molecule has 0 aliphatic heterocycles. The Balaban J connectivity index is 2.10. The van der Waals surface area contributed by atoms with Crippen LogP contribution in [0.25, 0.3) is 22.4 Å². The topological polar surface area (TPSA) is 52.0 Å². The van der Waals surface area contributed by atoms with Gasteiger partial charge in [0.15, 0.2) is 9.84 Å². The Bertz CT molecular complexity index is 954. The monoisotopic (exact) mass is 340 g/mol. The second-order valence-corrected chi connectivity index (χ2v) is 7.93. The molecule has 0 atom stereocenters. The predicted molar refractivity (Wildman–Crippen MR) is 96.6 cm³/mol. The summed E-state index contributed by atoms with van der Waals surface area (Å²) in [7, 11) is -3.19. The fourth-order valence-corrected chi connectivity index (χ4v) is 3.23. The van der Waals surface area contributed by atoms with Crippen LogP contribution in [0.3, 0.4) is 0 Å². The molecule has 0 saturated heterocycles. The highest BCUT2D eigenvalue weighted by Crippen LogP contribution is 2.31. The molecule has 124 valence electrons. The molecule has 0 aliphatic carbocycles. The smallest absolute Gasteiger partial charge is 0.175 e. The first-order valence-corrected chi connectivity index (χ1v) is 9.72. The van der Waals surface area contributed by atoms with Crippen molar-refractivity contribution in [3.8, 4) is 22.4 Å². The largest absolute Gasteiger partial charge is 0.272 e. The lowest BCUT2D eigenvalue weighted by Crippen LogP contribution is -1.97. The SMILES string of the molecule is CCn1cc(-c2ccc(C)cc2)c(-c2ccc(S(C)(=O)=O)cc2)n1. The summed E-state index contributed by atoms with van der Waals surface area (Å²) >= 11 is 0. The Labute approximate surface area is 142 Å². The van der Waals surface area contributed by atoms with Gasteiger partial charge in [-0.2, -0.15) is 5.10 Å². The van der Waals surface area contributed by atoms with Gasteiger partial charge in [0.25, 0.3) is 0 Å².